The molecule has 2 saturated carbocycles. The summed E-state index contributed by atoms with van der Waals surface area (Å²) in [6.07, 6.45) is 4.10. The van der Waals surface area contributed by atoms with Crippen molar-refractivity contribution in [3.8, 4) is 11.1 Å². The van der Waals surface area contributed by atoms with E-state index in [-0.39, 0.29) is 36.8 Å². The fourth-order valence-corrected chi connectivity index (χ4v) is 5.71. The molecule has 35 heavy (non-hydrogen) atoms. The maximum absolute atomic E-state index is 13.2. The lowest BCUT2D eigenvalue weighted by atomic mass is 9.94. The Hall–Kier alpha value is -3.35. The number of nitrogens with one attached hydrogen (secondary N) is 1. The molecule has 2 atom stereocenters. The molecule has 5 rings (SSSR count). The molecule has 2 aromatic carbocycles. The summed E-state index contributed by atoms with van der Waals surface area (Å²) in [4.78, 5) is 38.5. The van der Waals surface area contributed by atoms with Gasteiger partial charge in [0.15, 0.2) is 0 Å². The molecule has 7 nitrogen and oxygen atoms in total. The molecular formula is C28H32N2O5. The van der Waals surface area contributed by atoms with Gasteiger partial charge >= 0.3 is 12.1 Å². The van der Waals surface area contributed by atoms with E-state index in [1.807, 2.05) is 24.3 Å². The van der Waals surface area contributed by atoms with E-state index in [0.29, 0.717) is 19.0 Å². The standard InChI is InChI=1S/C28H32N2O5/c31-26(32)16-30(15-18-12-13-18)27(33)20-11-5-6-19(20)14-29-28(34)35-17-25-23-9-3-1-7-21(23)22-8-2-4-10-24(22)25/h1-4,7-10,18-20,25H,5-6,11-17H2,(H,29,34)(H,31,32). The minimum absolute atomic E-state index is 0.000887. The lowest BCUT2D eigenvalue weighted by molar-refractivity contribution is -0.147. The maximum Gasteiger partial charge on any atom is 0.407 e. The fraction of sp³-hybridized carbons (Fsp3) is 0.464. The Morgan fingerprint density at radius 3 is 2.23 bits per heavy atom. The number of fused-ring (bicyclic) bond motifs is 3. The molecule has 0 aliphatic heterocycles. The van der Waals surface area contributed by atoms with Gasteiger partial charge in [-0.1, -0.05) is 55.0 Å². The summed E-state index contributed by atoms with van der Waals surface area (Å²) in [6.45, 7) is 0.880. The highest BCUT2D eigenvalue weighted by molar-refractivity contribution is 5.84. The van der Waals surface area contributed by atoms with Gasteiger partial charge < -0.3 is 20.1 Å². The highest BCUT2D eigenvalue weighted by Gasteiger charge is 2.38. The predicted octanol–water partition coefficient (Wildman–Crippen LogP) is 4.26. The second-order valence-electron chi connectivity index (χ2n) is 10.1. The lowest BCUT2D eigenvalue weighted by Crippen LogP contribution is -2.43. The Kier molecular flexibility index (Phi) is 6.75. The Morgan fingerprint density at radius 2 is 1.60 bits per heavy atom. The third-order valence-corrected chi connectivity index (χ3v) is 7.64. The molecule has 0 aromatic heterocycles. The van der Waals surface area contributed by atoms with Gasteiger partial charge in [0.1, 0.15) is 13.2 Å². The largest absolute Gasteiger partial charge is 0.480 e. The molecule has 0 saturated heterocycles. The van der Waals surface area contributed by atoms with Crippen LogP contribution in [0.3, 0.4) is 0 Å². The van der Waals surface area contributed by atoms with Crippen LogP contribution in [0.15, 0.2) is 48.5 Å². The Bertz CT molecular complexity index is 1070. The van der Waals surface area contributed by atoms with Gasteiger partial charge in [-0.05, 0) is 59.8 Å². The van der Waals surface area contributed by atoms with Crippen LogP contribution in [0.25, 0.3) is 11.1 Å². The average Bonchev–Trinajstić information content (AvgIpc) is 3.45. The summed E-state index contributed by atoms with van der Waals surface area (Å²) in [5.74, 6) is -0.889. The number of nitrogens with zero attached hydrogens (tertiary/aromatic N) is 1. The molecule has 3 aliphatic carbocycles. The van der Waals surface area contributed by atoms with Crippen LogP contribution in [0.1, 0.15) is 49.1 Å². The second-order valence-corrected chi connectivity index (χ2v) is 10.1. The van der Waals surface area contributed by atoms with Crippen molar-refractivity contribution >= 4 is 18.0 Å². The van der Waals surface area contributed by atoms with Gasteiger partial charge in [0, 0.05) is 24.9 Å². The first-order valence-electron chi connectivity index (χ1n) is 12.6. The molecule has 3 aliphatic rings. The second kappa shape index (κ2) is 10.1. The van der Waals surface area contributed by atoms with Crippen LogP contribution in [-0.4, -0.2) is 54.2 Å². The summed E-state index contributed by atoms with van der Waals surface area (Å²) in [6, 6.07) is 16.4. The van der Waals surface area contributed by atoms with Crippen molar-refractivity contribution in [2.75, 3.05) is 26.2 Å². The minimum Gasteiger partial charge on any atom is -0.480 e. The molecule has 0 spiro atoms. The van der Waals surface area contributed by atoms with Crippen LogP contribution in [0.2, 0.25) is 0 Å². The summed E-state index contributed by atoms with van der Waals surface area (Å²) in [5, 5.41) is 12.1. The van der Waals surface area contributed by atoms with Gasteiger partial charge in [-0.2, -0.15) is 0 Å². The number of aliphatic carboxylic acids is 1. The van der Waals surface area contributed by atoms with E-state index in [2.05, 4.69) is 29.6 Å². The third kappa shape index (κ3) is 5.19. The molecule has 7 heteroatoms. The van der Waals surface area contributed by atoms with Gasteiger partial charge in [-0.25, -0.2) is 4.79 Å². The maximum atomic E-state index is 13.2. The number of hydrogen-bond acceptors (Lipinski definition) is 4. The van der Waals surface area contributed by atoms with Crippen LogP contribution in [-0.2, 0) is 14.3 Å². The van der Waals surface area contributed by atoms with Crippen LogP contribution >= 0.6 is 0 Å². The van der Waals surface area contributed by atoms with Crippen molar-refractivity contribution in [3.63, 3.8) is 0 Å². The van der Waals surface area contributed by atoms with Gasteiger partial charge in [-0.3, -0.25) is 9.59 Å². The van der Waals surface area contributed by atoms with Crippen molar-refractivity contribution in [2.24, 2.45) is 17.8 Å². The molecule has 2 fully saturated rings. The Balaban J connectivity index is 1.16. The number of amides is 2. The predicted molar refractivity (Wildman–Crippen MR) is 131 cm³/mol. The smallest absolute Gasteiger partial charge is 0.407 e. The van der Waals surface area contributed by atoms with E-state index >= 15 is 0 Å². The molecule has 2 unspecified atom stereocenters. The van der Waals surface area contributed by atoms with Gasteiger partial charge in [0.25, 0.3) is 0 Å². The van der Waals surface area contributed by atoms with Crippen molar-refractivity contribution in [1.29, 1.82) is 0 Å². The van der Waals surface area contributed by atoms with Crippen molar-refractivity contribution in [2.45, 2.75) is 38.0 Å². The molecule has 2 aromatic rings. The molecule has 184 valence electrons. The lowest BCUT2D eigenvalue weighted by Gasteiger charge is -2.27. The molecule has 2 amide bonds. The minimum atomic E-state index is -0.981. The summed E-state index contributed by atoms with van der Waals surface area (Å²) < 4.78 is 5.63. The monoisotopic (exact) mass is 476 g/mol. The number of carbonyl (C=O) groups is 3. The van der Waals surface area contributed by atoms with Crippen LogP contribution in [0.5, 0.6) is 0 Å². The summed E-state index contributed by atoms with van der Waals surface area (Å²) in [7, 11) is 0. The third-order valence-electron chi connectivity index (χ3n) is 7.64. The van der Waals surface area contributed by atoms with Crippen molar-refractivity contribution in [1.82, 2.24) is 10.2 Å². The Labute approximate surface area is 205 Å². The fourth-order valence-electron chi connectivity index (χ4n) is 5.71. The van der Waals surface area contributed by atoms with E-state index in [1.54, 1.807) is 0 Å². The first-order chi connectivity index (χ1) is 17.0. The molecule has 0 heterocycles. The normalized spacial score (nSPS) is 20.7. The number of ether oxygens (including phenoxy) is 1. The quantitative estimate of drug-likeness (QED) is 0.564. The zero-order valence-electron chi connectivity index (χ0n) is 19.8. The number of hydrogen-bond donors (Lipinski definition) is 2. The van der Waals surface area contributed by atoms with E-state index < -0.39 is 12.1 Å². The summed E-state index contributed by atoms with van der Waals surface area (Å²) in [5.41, 5.74) is 4.69. The van der Waals surface area contributed by atoms with E-state index in [0.717, 1.165) is 43.2 Å². The van der Waals surface area contributed by atoms with Crippen molar-refractivity contribution < 1.29 is 24.2 Å². The highest BCUT2D eigenvalue weighted by Crippen LogP contribution is 2.44. The van der Waals surface area contributed by atoms with Crippen LogP contribution < -0.4 is 5.32 Å². The van der Waals surface area contributed by atoms with Gasteiger partial charge in [0.2, 0.25) is 5.91 Å². The SMILES string of the molecule is O=C(O)CN(CC1CC1)C(=O)C1CCCC1CNC(=O)OCC1c2ccccc2-c2ccccc21. The number of alkyl carbamates (subject to hydrolysis) is 1. The van der Waals surface area contributed by atoms with Gasteiger partial charge in [0.05, 0.1) is 0 Å². The summed E-state index contributed by atoms with van der Waals surface area (Å²) >= 11 is 0. The van der Waals surface area contributed by atoms with E-state index in [9.17, 15) is 19.5 Å². The number of carboxylic acid groups (broad SMARTS) is 1. The zero-order chi connectivity index (χ0) is 24.4. The van der Waals surface area contributed by atoms with Crippen molar-refractivity contribution in [3.05, 3.63) is 59.7 Å². The first kappa shape index (κ1) is 23.4. The average molecular weight is 477 g/mol. The molecule has 2 N–H and O–H groups in total. The van der Waals surface area contributed by atoms with Crippen LogP contribution in [0.4, 0.5) is 4.79 Å². The topological polar surface area (TPSA) is 95.9 Å². The number of rotatable bonds is 9. The zero-order valence-corrected chi connectivity index (χ0v) is 19.8. The Morgan fingerprint density at radius 1 is 0.943 bits per heavy atom. The van der Waals surface area contributed by atoms with E-state index in [1.165, 1.54) is 16.0 Å². The molecule has 0 radical (unpaired) electrons. The number of carboxylic acids is 1. The molecular weight excluding hydrogens is 444 g/mol. The number of carbonyl (C=O) groups excluding carboxylic acids is 2. The van der Waals surface area contributed by atoms with Gasteiger partial charge in [-0.15, -0.1) is 0 Å². The first-order valence-corrected chi connectivity index (χ1v) is 12.6. The van der Waals surface area contributed by atoms with E-state index in [4.69, 9.17) is 4.74 Å². The number of benzene rings is 2. The van der Waals surface area contributed by atoms with Crippen LogP contribution in [0, 0.1) is 17.8 Å². The highest BCUT2D eigenvalue weighted by atomic mass is 16.5. The molecule has 0 bridgehead atoms.